The first-order valence-corrected chi connectivity index (χ1v) is 7.28. The second kappa shape index (κ2) is 6.62. The van der Waals surface area contributed by atoms with Crippen LogP contribution in [0.25, 0.3) is 0 Å². The molecule has 3 rings (SSSR count). The number of imidazole rings is 1. The molecule has 1 aromatic carbocycles. The third-order valence-electron chi connectivity index (χ3n) is 3.78. The first-order chi connectivity index (χ1) is 10.8. The Morgan fingerprint density at radius 1 is 1.45 bits per heavy atom. The summed E-state index contributed by atoms with van der Waals surface area (Å²) in [6, 6.07) is 7.92. The zero-order chi connectivity index (χ0) is 15.4. The molecule has 2 aromatic rings. The molecule has 1 N–H and O–H groups in total. The summed E-state index contributed by atoms with van der Waals surface area (Å²) in [6.45, 7) is 1.75. The average molecular weight is 301 g/mol. The molecule has 1 atom stereocenters. The van der Waals surface area contributed by atoms with Crippen LogP contribution in [0.4, 0.5) is 0 Å². The van der Waals surface area contributed by atoms with Crippen LogP contribution >= 0.6 is 0 Å². The summed E-state index contributed by atoms with van der Waals surface area (Å²) in [5, 5.41) is 0. The van der Waals surface area contributed by atoms with Gasteiger partial charge in [0.15, 0.2) is 0 Å². The summed E-state index contributed by atoms with van der Waals surface area (Å²) in [4.78, 5) is 20.9. The molecule has 1 aromatic heterocycles. The SMILES string of the molecule is COc1ccc(C[C@@H]2CN(C(=O)c3cnc[nH]3)CCO2)cc1. The third kappa shape index (κ3) is 3.28. The number of H-pyrrole nitrogens is 1. The van der Waals surface area contributed by atoms with Crippen molar-refractivity contribution in [2.75, 3.05) is 26.8 Å². The van der Waals surface area contributed by atoms with Crippen LogP contribution in [-0.2, 0) is 11.2 Å². The van der Waals surface area contributed by atoms with Crippen molar-refractivity contribution in [1.29, 1.82) is 0 Å². The maximum Gasteiger partial charge on any atom is 0.272 e. The molecule has 0 unspecified atom stereocenters. The number of carbonyl (C=O) groups is 1. The molecule has 0 spiro atoms. The van der Waals surface area contributed by atoms with E-state index in [1.165, 1.54) is 11.9 Å². The monoisotopic (exact) mass is 301 g/mol. The smallest absolute Gasteiger partial charge is 0.272 e. The molecule has 116 valence electrons. The van der Waals surface area contributed by atoms with Crippen LogP contribution in [0.3, 0.4) is 0 Å². The van der Waals surface area contributed by atoms with Crippen LogP contribution in [0.5, 0.6) is 5.75 Å². The van der Waals surface area contributed by atoms with Gasteiger partial charge in [0.2, 0.25) is 0 Å². The zero-order valence-corrected chi connectivity index (χ0v) is 12.5. The summed E-state index contributed by atoms with van der Waals surface area (Å²) in [5.74, 6) is 0.810. The molecule has 0 bridgehead atoms. The fraction of sp³-hybridized carbons (Fsp3) is 0.375. The largest absolute Gasteiger partial charge is 0.497 e. The number of methoxy groups -OCH3 is 1. The summed E-state index contributed by atoms with van der Waals surface area (Å²) < 4.78 is 10.9. The van der Waals surface area contributed by atoms with Gasteiger partial charge in [-0.15, -0.1) is 0 Å². The van der Waals surface area contributed by atoms with Crippen LogP contribution in [0.15, 0.2) is 36.8 Å². The highest BCUT2D eigenvalue weighted by molar-refractivity contribution is 5.92. The Labute approximate surface area is 129 Å². The number of nitrogens with zero attached hydrogens (tertiary/aromatic N) is 2. The van der Waals surface area contributed by atoms with E-state index in [0.717, 1.165) is 12.2 Å². The molecule has 1 saturated heterocycles. The zero-order valence-electron chi connectivity index (χ0n) is 12.5. The van der Waals surface area contributed by atoms with Gasteiger partial charge in [0.05, 0.1) is 32.3 Å². The Morgan fingerprint density at radius 2 is 2.27 bits per heavy atom. The van der Waals surface area contributed by atoms with Crippen LogP contribution in [0.1, 0.15) is 16.1 Å². The van der Waals surface area contributed by atoms with Crippen molar-refractivity contribution in [3.63, 3.8) is 0 Å². The highest BCUT2D eigenvalue weighted by Crippen LogP contribution is 2.16. The van der Waals surface area contributed by atoms with Gasteiger partial charge in [-0.25, -0.2) is 4.98 Å². The Hall–Kier alpha value is -2.34. The Morgan fingerprint density at radius 3 is 2.95 bits per heavy atom. The third-order valence-corrected chi connectivity index (χ3v) is 3.78. The van der Waals surface area contributed by atoms with Gasteiger partial charge >= 0.3 is 0 Å². The number of benzene rings is 1. The first kappa shape index (κ1) is 14.6. The van der Waals surface area contributed by atoms with Gasteiger partial charge in [0.25, 0.3) is 5.91 Å². The van der Waals surface area contributed by atoms with E-state index in [1.54, 1.807) is 13.3 Å². The van der Waals surface area contributed by atoms with Crippen LogP contribution < -0.4 is 4.74 Å². The second-order valence-corrected chi connectivity index (χ2v) is 5.26. The molecule has 1 aliphatic rings. The molecule has 0 radical (unpaired) electrons. The summed E-state index contributed by atoms with van der Waals surface area (Å²) in [6.07, 6.45) is 3.85. The van der Waals surface area contributed by atoms with Crippen molar-refractivity contribution in [2.24, 2.45) is 0 Å². The van der Waals surface area contributed by atoms with Gasteiger partial charge in [-0.3, -0.25) is 4.79 Å². The first-order valence-electron chi connectivity index (χ1n) is 7.28. The minimum atomic E-state index is -0.0273. The van der Waals surface area contributed by atoms with E-state index in [1.807, 2.05) is 29.2 Å². The number of rotatable bonds is 4. The summed E-state index contributed by atoms with van der Waals surface area (Å²) in [7, 11) is 1.65. The van der Waals surface area contributed by atoms with Gasteiger partial charge in [-0.05, 0) is 17.7 Å². The molecular weight excluding hydrogens is 282 g/mol. The normalized spacial score (nSPS) is 18.2. The van der Waals surface area contributed by atoms with E-state index in [9.17, 15) is 4.79 Å². The molecule has 6 heteroatoms. The lowest BCUT2D eigenvalue weighted by Crippen LogP contribution is -2.46. The number of morpholine rings is 1. The van der Waals surface area contributed by atoms with Crippen molar-refractivity contribution in [3.8, 4) is 5.75 Å². The average Bonchev–Trinajstić information content (AvgIpc) is 3.09. The predicted octanol–water partition coefficient (Wildman–Crippen LogP) is 1.50. The number of hydrogen-bond acceptors (Lipinski definition) is 4. The number of ether oxygens (including phenoxy) is 2. The second-order valence-electron chi connectivity index (χ2n) is 5.26. The lowest BCUT2D eigenvalue weighted by Gasteiger charge is -2.32. The van der Waals surface area contributed by atoms with E-state index in [2.05, 4.69) is 9.97 Å². The predicted molar refractivity (Wildman–Crippen MR) is 80.9 cm³/mol. The van der Waals surface area contributed by atoms with Crippen LogP contribution in [0.2, 0.25) is 0 Å². The number of aromatic amines is 1. The van der Waals surface area contributed by atoms with Crippen LogP contribution in [-0.4, -0.2) is 53.7 Å². The Bertz CT molecular complexity index is 610. The number of nitrogens with one attached hydrogen (secondary N) is 1. The minimum Gasteiger partial charge on any atom is -0.497 e. The molecule has 0 aliphatic carbocycles. The molecule has 22 heavy (non-hydrogen) atoms. The number of amides is 1. The van der Waals surface area contributed by atoms with E-state index >= 15 is 0 Å². The summed E-state index contributed by atoms with van der Waals surface area (Å²) in [5.41, 5.74) is 1.69. The fourth-order valence-electron chi connectivity index (χ4n) is 2.59. The standard InChI is InChI=1S/C16H19N3O3/c1-21-13-4-2-12(3-5-13)8-14-10-19(6-7-22-14)16(20)15-9-17-11-18-15/h2-5,9,11,14H,6-8,10H2,1H3,(H,17,18)/t14-/m1/s1. The maximum absolute atomic E-state index is 12.3. The number of aromatic nitrogens is 2. The lowest BCUT2D eigenvalue weighted by molar-refractivity contribution is -0.0210. The quantitative estimate of drug-likeness (QED) is 0.929. The fourth-order valence-corrected chi connectivity index (χ4v) is 2.59. The van der Waals surface area contributed by atoms with Gasteiger partial charge in [0.1, 0.15) is 11.4 Å². The van der Waals surface area contributed by atoms with Crippen molar-refractivity contribution >= 4 is 5.91 Å². The number of hydrogen-bond donors (Lipinski definition) is 1. The van der Waals surface area contributed by atoms with E-state index in [4.69, 9.17) is 9.47 Å². The molecule has 6 nitrogen and oxygen atoms in total. The molecule has 1 fully saturated rings. The van der Waals surface area contributed by atoms with Gasteiger partial charge in [-0.1, -0.05) is 12.1 Å². The van der Waals surface area contributed by atoms with Crippen molar-refractivity contribution in [2.45, 2.75) is 12.5 Å². The van der Waals surface area contributed by atoms with Crippen molar-refractivity contribution < 1.29 is 14.3 Å². The topological polar surface area (TPSA) is 67.5 Å². The highest BCUT2D eigenvalue weighted by atomic mass is 16.5. The maximum atomic E-state index is 12.3. The minimum absolute atomic E-state index is 0.00835. The molecule has 2 heterocycles. The highest BCUT2D eigenvalue weighted by Gasteiger charge is 2.25. The van der Waals surface area contributed by atoms with Gasteiger partial charge in [-0.2, -0.15) is 0 Å². The Kier molecular flexibility index (Phi) is 4.39. The van der Waals surface area contributed by atoms with Crippen LogP contribution in [0, 0.1) is 0 Å². The van der Waals surface area contributed by atoms with E-state index in [0.29, 0.717) is 25.4 Å². The van der Waals surface area contributed by atoms with Crippen molar-refractivity contribution in [1.82, 2.24) is 14.9 Å². The van der Waals surface area contributed by atoms with Crippen molar-refractivity contribution in [3.05, 3.63) is 48.0 Å². The molecule has 1 aliphatic heterocycles. The number of carbonyl (C=O) groups excluding carboxylic acids is 1. The van der Waals surface area contributed by atoms with E-state index < -0.39 is 0 Å². The summed E-state index contributed by atoms with van der Waals surface area (Å²) >= 11 is 0. The molecule has 0 saturated carbocycles. The lowest BCUT2D eigenvalue weighted by atomic mass is 10.1. The molecular formula is C16H19N3O3. The van der Waals surface area contributed by atoms with E-state index in [-0.39, 0.29) is 12.0 Å². The molecule has 1 amide bonds. The van der Waals surface area contributed by atoms with Gasteiger partial charge in [0, 0.05) is 19.5 Å². The van der Waals surface area contributed by atoms with Gasteiger partial charge < -0.3 is 19.4 Å². The Balaban J connectivity index is 1.61.